The van der Waals surface area contributed by atoms with E-state index >= 15 is 0 Å². The summed E-state index contributed by atoms with van der Waals surface area (Å²) in [4.78, 5) is 0. The van der Waals surface area contributed by atoms with E-state index in [1.807, 2.05) is 0 Å². The van der Waals surface area contributed by atoms with E-state index in [1.165, 1.54) is 0 Å². The molecular formula is AlCaCl6Li. The Morgan fingerprint density at radius 2 is 0.444 bits per heavy atom. The summed E-state index contributed by atoms with van der Waals surface area (Å²) in [5.41, 5.74) is 0. The van der Waals surface area contributed by atoms with Gasteiger partial charge in [0.2, 0.25) is 0 Å². The molecule has 0 nitrogen and oxygen atoms in total. The van der Waals surface area contributed by atoms with Gasteiger partial charge in [0.25, 0.3) is 0 Å². The Morgan fingerprint density at radius 3 is 0.444 bits per heavy atom. The van der Waals surface area contributed by atoms with E-state index in [9.17, 15) is 0 Å². The largest absolute Gasteiger partial charge is 3.00 e. The first-order valence-corrected chi connectivity index (χ1v) is 0. The zero-order valence-electron chi connectivity index (χ0n) is 4.55. The van der Waals surface area contributed by atoms with Crippen molar-refractivity contribution in [1.29, 1.82) is 0 Å². The maximum Gasteiger partial charge on any atom is 3.00 e. The van der Waals surface area contributed by atoms with Gasteiger partial charge in [-0.15, -0.1) is 0 Å². The minimum Gasteiger partial charge on any atom is -1.00 e. The second-order valence-electron chi connectivity index (χ2n) is 0. The van der Waals surface area contributed by atoms with Gasteiger partial charge < -0.3 is 74.4 Å². The van der Waals surface area contributed by atoms with Gasteiger partial charge in [-0.3, -0.25) is 0 Å². The fraction of sp³-hybridized carbons (Fsp3) is 0. The van der Waals surface area contributed by atoms with E-state index in [2.05, 4.69) is 0 Å². The predicted octanol–water partition coefficient (Wildman–Crippen LogP) is -21.7. The molecular weight excluding hydrogens is 287 g/mol. The molecule has 48 valence electrons. The molecule has 0 bridgehead atoms. The fourth-order valence-corrected chi connectivity index (χ4v) is 0. The Kier molecular flexibility index (Phi) is 1110. The summed E-state index contributed by atoms with van der Waals surface area (Å²) in [6.45, 7) is 0. The molecule has 0 heterocycles. The molecule has 0 atom stereocenters. The summed E-state index contributed by atoms with van der Waals surface area (Å²) in [6.07, 6.45) is 0. The van der Waals surface area contributed by atoms with Crippen LogP contribution in [0.15, 0.2) is 0 Å². The standard InChI is InChI=1S/Al.Ca.6ClH.Li/h;;6*1H;/q+3;+2;;;;;;;+1/p-6. The third kappa shape index (κ3) is 73.0. The first kappa shape index (κ1) is 113. The van der Waals surface area contributed by atoms with Gasteiger partial charge in [-0.05, 0) is 0 Å². The van der Waals surface area contributed by atoms with Crippen LogP contribution in [0.25, 0.3) is 0 Å². The molecule has 0 aromatic carbocycles. The Hall–Kier alpha value is 4.13. The average molecular weight is 287 g/mol. The Morgan fingerprint density at radius 1 is 0.444 bits per heavy atom. The van der Waals surface area contributed by atoms with Crippen LogP contribution in [-0.2, 0) is 0 Å². The average Bonchev–Trinajstić information content (AvgIpc) is 0. The molecule has 0 saturated carbocycles. The number of halogens is 6. The first-order chi connectivity index (χ1) is 0. The molecule has 0 unspecified atom stereocenters. The number of hydrogen-bond acceptors (Lipinski definition) is 0. The molecule has 0 saturated heterocycles. The maximum absolute atomic E-state index is 0. The molecule has 0 radical (unpaired) electrons. The van der Waals surface area contributed by atoms with Crippen LogP contribution in [0.3, 0.4) is 0 Å². The van der Waals surface area contributed by atoms with E-state index in [4.69, 9.17) is 0 Å². The van der Waals surface area contributed by atoms with E-state index < -0.39 is 0 Å². The molecule has 0 aliphatic rings. The van der Waals surface area contributed by atoms with E-state index in [0.717, 1.165) is 0 Å². The fourth-order valence-electron chi connectivity index (χ4n) is 0. The molecule has 0 aliphatic carbocycles. The zero-order valence-corrected chi connectivity index (χ0v) is 12.5. The summed E-state index contributed by atoms with van der Waals surface area (Å²) >= 11 is 0. The molecule has 0 aromatic heterocycles. The van der Waals surface area contributed by atoms with Crippen molar-refractivity contribution < 1.29 is 93.3 Å². The minimum absolute atomic E-state index is 0. The van der Waals surface area contributed by atoms with Crippen LogP contribution in [0.1, 0.15) is 0 Å². The third-order valence-corrected chi connectivity index (χ3v) is 0. The normalized spacial score (nSPS) is 0. The Bertz CT molecular complexity index is 13.0. The van der Waals surface area contributed by atoms with Crippen LogP contribution in [-0.4, -0.2) is 55.1 Å². The van der Waals surface area contributed by atoms with Gasteiger partial charge in [-0.1, -0.05) is 0 Å². The minimum atomic E-state index is 0. The molecule has 9 heavy (non-hydrogen) atoms. The number of rotatable bonds is 0. The van der Waals surface area contributed by atoms with Crippen molar-refractivity contribution in [3.63, 3.8) is 0 Å². The van der Waals surface area contributed by atoms with E-state index in [-0.39, 0.29) is 148 Å². The molecule has 0 N–H and O–H groups in total. The summed E-state index contributed by atoms with van der Waals surface area (Å²) in [5.74, 6) is 0. The van der Waals surface area contributed by atoms with Gasteiger partial charge in [0, 0.05) is 0 Å². The summed E-state index contributed by atoms with van der Waals surface area (Å²) in [7, 11) is 0. The van der Waals surface area contributed by atoms with Gasteiger partial charge >= 0.3 is 74.0 Å². The Balaban J connectivity index is 0. The molecule has 9 heteroatoms. The molecule has 0 rings (SSSR count). The summed E-state index contributed by atoms with van der Waals surface area (Å²) < 4.78 is 0. The summed E-state index contributed by atoms with van der Waals surface area (Å²) in [5, 5.41) is 0. The van der Waals surface area contributed by atoms with Crippen LogP contribution in [0.2, 0.25) is 0 Å². The quantitative estimate of drug-likeness (QED) is 0.388. The molecule has 0 amide bonds. The van der Waals surface area contributed by atoms with Gasteiger partial charge in [-0.2, -0.15) is 0 Å². The van der Waals surface area contributed by atoms with E-state index in [0.29, 0.717) is 0 Å². The second kappa shape index (κ2) is 88.1. The van der Waals surface area contributed by atoms with Gasteiger partial charge in [0.1, 0.15) is 0 Å². The smallest absolute Gasteiger partial charge is 1.00 e. The van der Waals surface area contributed by atoms with Crippen molar-refractivity contribution in [1.82, 2.24) is 0 Å². The molecule has 0 spiro atoms. The monoisotopic (exact) mass is 284 g/mol. The second-order valence-corrected chi connectivity index (χ2v) is 0. The van der Waals surface area contributed by atoms with Crippen LogP contribution in [0.5, 0.6) is 0 Å². The van der Waals surface area contributed by atoms with Crippen LogP contribution >= 0.6 is 0 Å². The SMILES string of the molecule is [Al+3].[Ca+2].[Cl-].[Cl-].[Cl-].[Cl-].[Cl-].[Cl-].[Li+]. The van der Waals surface area contributed by atoms with Crippen molar-refractivity contribution >= 4 is 55.1 Å². The predicted molar refractivity (Wildman–Crippen MR) is 11.5 cm³/mol. The van der Waals surface area contributed by atoms with E-state index in [1.54, 1.807) is 0 Å². The number of hydrogen-bond donors (Lipinski definition) is 0. The van der Waals surface area contributed by atoms with Crippen molar-refractivity contribution in [3.05, 3.63) is 0 Å². The topological polar surface area (TPSA) is 0 Å². The van der Waals surface area contributed by atoms with Crippen LogP contribution in [0, 0.1) is 0 Å². The van der Waals surface area contributed by atoms with Gasteiger partial charge in [0.05, 0.1) is 0 Å². The van der Waals surface area contributed by atoms with Gasteiger partial charge in [-0.25, -0.2) is 0 Å². The Labute approximate surface area is 146 Å². The van der Waals surface area contributed by atoms with Crippen molar-refractivity contribution in [2.45, 2.75) is 0 Å². The summed E-state index contributed by atoms with van der Waals surface area (Å²) in [6, 6.07) is 0. The molecule has 0 fully saturated rings. The zero-order chi connectivity index (χ0) is 0. The third-order valence-electron chi connectivity index (χ3n) is 0. The molecule has 0 aromatic rings. The molecule has 0 aliphatic heterocycles. The van der Waals surface area contributed by atoms with Crippen molar-refractivity contribution in [3.8, 4) is 0 Å². The van der Waals surface area contributed by atoms with Crippen molar-refractivity contribution in [2.24, 2.45) is 0 Å². The first-order valence-electron chi connectivity index (χ1n) is 0. The van der Waals surface area contributed by atoms with Gasteiger partial charge in [0.15, 0.2) is 0 Å². The van der Waals surface area contributed by atoms with Crippen LogP contribution < -0.4 is 93.3 Å². The van der Waals surface area contributed by atoms with Crippen LogP contribution in [0.4, 0.5) is 0 Å². The van der Waals surface area contributed by atoms with Crippen molar-refractivity contribution in [2.75, 3.05) is 0 Å². The maximum atomic E-state index is 0.